The molecule has 0 aliphatic carbocycles. The van der Waals surface area contributed by atoms with Gasteiger partial charge in [-0.2, -0.15) is 0 Å². The monoisotopic (exact) mass is 306 g/mol. The lowest BCUT2D eigenvalue weighted by Gasteiger charge is -2.32. The average molecular weight is 306 g/mol. The Bertz CT molecular complexity index is 570. The summed E-state index contributed by atoms with van der Waals surface area (Å²) >= 11 is 0. The minimum absolute atomic E-state index is 0.236. The molecule has 2 amide bonds. The molecule has 7 heteroatoms. The van der Waals surface area contributed by atoms with Gasteiger partial charge in [0.25, 0.3) is 5.91 Å². The summed E-state index contributed by atoms with van der Waals surface area (Å²) in [5, 5.41) is 9.15. The number of carbonyl (C=O) groups is 3. The number of rotatable bonds is 5. The average Bonchev–Trinajstić information content (AvgIpc) is 2.53. The summed E-state index contributed by atoms with van der Waals surface area (Å²) in [5.41, 5.74) is 5.48. The minimum Gasteiger partial charge on any atom is -0.484 e. The first kappa shape index (κ1) is 15.8. The summed E-state index contributed by atoms with van der Waals surface area (Å²) in [6.45, 7) is 0.194. The van der Waals surface area contributed by atoms with Gasteiger partial charge >= 0.3 is 5.97 Å². The zero-order valence-electron chi connectivity index (χ0n) is 12.0. The molecule has 1 aromatic rings. The van der Waals surface area contributed by atoms with Crippen LogP contribution in [-0.2, 0) is 9.59 Å². The maximum Gasteiger partial charge on any atom is 0.326 e. The topological polar surface area (TPSA) is 110 Å². The molecule has 1 atom stereocenters. The zero-order valence-corrected chi connectivity index (χ0v) is 12.0. The van der Waals surface area contributed by atoms with Crippen molar-refractivity contribution in [2.75, 3.05) is 13.2 Å². The van der Waals surface area contributed by atoms with E-state index in [-0.39, 0.29) is 12.5 Å². The molecule has 0 bridgehead atoms. The molecule has 1 unspecified atom stereocenters. The quantitative estimate of drug-likeness (QED) is 0.829. The largest absolute Gasteiger partial charge is 0.484 e. The number of carbonyl (C=O) groups excluding carboxylic acids is 2. The molecule has 1 aromatic carbocycles. The molecule has 1 aliphatic rings. The van der Waals surface area contributed by atoms with Crippen LogP contribution < -0.4 is 10.5 Å². The second-order valence-electron chi connectivity index (χ2n) is 5.11. The molecule has 1 aliphatic heterocycles. The van der Waals surface area contributed by atoms with Crippen molar-refractivity contribution in [3.63, 3.8) is 0 Å². The van der Waals surface area contributed by atoms with Crippen LogP contribution in [0.2, 0.25) is 0 Å². The highest BCUT2D eigenvalue weighted by atomic mass is 16.5. The maximum atomic E-state index is 12.1. The van der Waals surface area contributed by atoms with Crippen LogP contribution in [0.4, 0.5) is 0 Å². The first-order valence-corrected chi connectivity index (χ1v) is 7.04. The van der Waals surface area contributed by atoms with Crippen molar-refractivity contribution < 1.29 is 24.2 Å². The van der Waals surface area contributed by atoms with Gasteiger partial charge in [0.05, 0.1) is 0 Å². The number of carboxylic acid groups (broad SMARTS) is 1. The third kappa shape index (κ3) is 3.75. The fourth-order valence-corrected chi connectivity index (χ4v) is 2.43. The molecule has 7 nitrogen and oxygen atoms in total. The number of primary amides is 1. The first-order chi connectivity index (χ1) is 10.5. The minimum atomic E-state index is -0.987. The van der Waals surface area contributed by atoms with Crippen molar-refractivity contribution in [3.8, 4) is 5.75 Å². The van der Waals surface area contributed by atoms with Gasteiger partial charge in [-0.05, 0) is 43.5 Å². The van der Waals surface area contributed by atoms with E-state index in [1.807, 2.05) is 0 Å². The zero-order chi connectivity index (χ0) is 16.1. The summed E-state index contributed by atoms with van der Waals surface area (Å²) < 4.78 is 5.35. The highest BCUT2D eigenvalue weighted by Gasteiger charge is 2.31. The van der Waals surface area contributed by atoms with Crippen LogP contribution in [0.1, 0.15) is 29.6 Å². The van der Waals surface area contributed by atoms with E-state index in [0.717, 1.165) is 12.8 Å². The molecule has 1 heterocycles. The number of nitrogens with two attached hydrogens (primary N) is 1. The number of carboxylic acids is 1. The van der Waals surface area contributed by atoms with E-state index in [2.05, 4.69) is 0 Å². The van der Waals surface area contributed by atoms with E-state index in [1.165, 1.54) is 29.2 Å². The Morgan fingerprint density at radius 1 is 1.23 bits per heavy atom. The molecule has 0 aromatic heterocycles. The van der Waals surface area contributed by atoms with Gasteiger partial charge in [-0.1, -0.05) is 0 Å². The summed E-state index contributed by atoms with van der Waals surface area (Å²) in [6.07, 6.45) is 2.06. The van der Waals surface area contributed by atoms with Gasteiger partial charge in [-0.15, -0.1) is 0 Å². The van der Waals surface area contributed by atoms with Crippen molar-refractivity contribution in [2.45, 2.75) is 25.3 Å². The molecular weight excluding hydrogens is 288 g/mol. The van der Waals surface area contributed by atoms with E-state index in [0.29, 0.717) is 24.3 Å². The number of nitrogens with zero attached hydrogens (tertiary/aromatic N) is 1. The predicted molar refractivity (Wildman–Crippen MR) is 77.4 cm³/mol. The molecule has 0 spiro atoms. The number of aliphatic carboxylic acids is 1. The number of benzene rings is 1. The lowest BCUT2D eigenvalue weighted by Crippen LogP contribution is -2.49. The van der Waals surface area contributed by atoms with Crippen LogP contribution in [0.5, 0.6) is 5.75 Å². The second-order valence-corrected chi connectivity index (χ2v) is 5.11. The smallest absolute Gasteiger partial charge is 0.326 e. The van der Waals surface area contributed by atoms with E-state index in [4.69, 9.17) is 15.6 Å². The number of hydrogen-bond acceptors (Lipinski definition) is 4. The SMILES string of the molecule is NC(=O)c1ccc(OCC(=O)N2CCCCC2C(=O)O)cc1. The van der Waals surface area contributed by atoms with E-state index in [1.54, 1.807) is 0 Å². The number of amides is 2. The van der Waals surface area contributed by atoms with E-state index >= 15 is 0 Å². The molecular formula is C15H18N2O5. The molecule has 0 radical (unpaired) electrons. The molecule has 1 saturated heterocycles. The summed E-state index contributed by atoms with van der Waals surface area (Å²) in [4.78, 5) is 35.6. The molecule has 2 rings (SSSR count). The van der Waals surface area contributed by atoms with Crippen LogP contribution in [0, 0.1) is 0 Å². The van der Waals surface area contributed by atoms with Crippen molar-refractivity contribution in [1.82, 2.24) is 4.90 Å². The lowest BCUT2D eigenvalue weighted by atomic mass is 10.0. The third-order valence-electron chi connectivity index (χ3n) is 3.61. The number of hydrogen-bond donors (Lipinski definition) is 2. The molecule has 118 valence electrons. The fourth-order valence-electron chi connectivity index (χ4n) is 2.43. The Labute approximate surface area is 127 Å². The van der Waals surface area contributed by atoms with Gasteiger partial charge in [0.15, 0.2) is 6.61 Å². The maximum absolute atomic E-state index is 12.1. The van der Waals surface area contributed by atoms with Crippen LogP contribution in [-0.4, -0.2) is 47.0 Å². The standard InChI is InChI=1S/C15H18N2O5/c16-14(19)10-4-6-11(7-5-10)22-9-13(18)17-8-2-1-3-12(17)15(20)21/h4-7,12H,1-3,8-9H2,(H2,16,19)(H,20,21). The Kier molecular flexibility index (Phi) is 4.98. The summed E-state index contributed by atoms with van der Waals surface area (Å²) in [7, 11) is 0. The van der Waals surface area contributed by atoms with Gasteiger partial charge in [-0.3, -0.25) is 9.59 Å². The fraction of sp³-hybridized carbons (Fsp3) is 0.400. The van der Waals surface area contributed by atoms with Crippen LogP contribution in [0.25, 0.3) is 0 Å². The Morgan fingerprint density at radius 3 is 2.50 bits per heavy atom. The Balaban J connectivity index is 1.93. The number of piperidine rings is 1. The van der Waals surface area contributed by atoms with Gasteiger partial charge in [0.1, 0.15) is 11.8 Å². The molecule has 0 saturated carbocycles. The highest BCUT2D eigenvalue weighted by molar-refractivity contribution is 5.92. The Hall–Kier alpha value is -2.57. The van der Waals surface area contributed by atoms with Crippen molar-refractivity contribution in [2.24, 2.45) is 5.73 Å². The molecule has 3 N–H and O–H groups in total. The van der Waals surface area contributed by atoms with Crippen molar-refractivity contribution >= 4 is 17.8 Å². The lowest BCUT2D eigenvalue weighted by molar-refractivity contribution is -0.152. The van der Waals surface area contributed by atoms with Crippen LogP contribution in [0.3, 0.4) is 0 Å². The van der Waals surface area contributed by atoms with Crippen molar-refractivity contribution in [1.29, 1.82) is 0 Å². The number of likely N-dealkylation sites (tertiary alicyclic amines) is 1. The first-order valence-electron chi connectivity index (χ1n) is 7.04. The highest BCUT2D eigenvalue weighted by Crippen LogP contribution is 2.18. The van der Waals surface area contributed by atoms with Gasteiger partial charge in [0, 0.05) is 12.1 Å². The van der Waals surface area contributed by atoms with Gasteiger partial charge in [0.2, 0.25) is 5.91 Å². The predicted octanol–water partition coefficient (Wildman–Crippen LogP) is 0.630. The third-order valence-corrected chi connectivity index (χ3v) is 3.61. The molecule has 1 fully saturated rings. The van der Waals surface area contributed by atoms with Gasteiger partial charge < -0.3 is 20.5 Å². The normalized spacial score (nSPS) is 17.8. The Morgan fingerprint density at radius 2 is 1.91 bits per heavy atom. The van der Waals surface area contributed by atoms with E-state index < -0.39 is 17.9 Å². The summed E-state index contributed by atoms with van der Waals surface area (Å²) in [6, 6.07) is 5.31. The van der Waals surface area contributed by atoms with Crippen LogP contribution in [0.15, 0.2) is 24.3 Å². The van der Waals surface area contributed by atoms with E-state index in [9.17, 15) is 14.4 Å². The van der Waals surface area contributed by atoms with Crippen LogP contribution >= 0.6 is 0 Å². The van der Waals surface area contributed by atoms with Crippen molar-refractivity contribution in [3.05, 3.63) is 29.8 Å². The second kappa shape index (κ2) is 6.93. The molecule has 22 heavy (non-hydrogen) atoms. The number of ether oxygens (including phenoxy) is 1. The summed E-state index contributed by atoms with van der Waals surface area (Å²) in [5.74, 6) is -1.47. The van der Waals surface area contributed by atoms with Gasteiger partial charge in [-0.25, -0.2) is 4.79 Å².